The largest absolute Gasteiger partial charge is 0.472 e. The molecule has 0 N–H and O–H groups in total. The first kappa shape index (κ1) is 14.6. The second kappa shape index (κ2) is 7.63. The Hall–Kier alpha value is -1.30. The summed E-state index contributed by atoms with van der Waals surface area (Å²) in [5.41, 5.74) is 3.12. The molecule has 0 atom stereocenters. The zero-order chi connectivity index (χ0) is 14.3. The van der Waals surface area contributed by atoms with Crippen LogP contribution in [0.3, 0.4) is 0 Å². The highest BCUT2D eigenvalue weighted by molar-refractivity contribution is 6.39. The summed E-state index contributed by atoms with van der Waals surface area (Å²) in [5, 5.41) is 0. The van der Waals surface area contributed by atoms with Crippen molar-refractivity contribution in [2.75, 3.05) is 32.8 Å². The summed E-state index contributed by atoms with van der Waals surface area (Å²) in [6, 6.07) is 5.53. The van der Waals surface area contributed by atoms with E-state index < -0.39 is 0 Å². The van der Waals surface area contributed by atoms with E-state index in [1.165, 1.54) is 30.1 Å². The van der Waals surface area contributed by atoms with Crippen molar-refractivity contribution < 1.29 is 13.6 Å². The molecule has 114 valence electrons. The van der Waals surface area contributed by atoms with E-state index >= 15 is 0 Å². The topological polar surface area (TPSA) is 38.8 Å². The van der Waals surface area contributed by atoms with Crippen molar-refractivity contribution in [1.82, 2.24) is 4.90 Å². The normalized spacial score (nSPS) is 17.2. The molecule has 0 amide bonds. The van der Waals surface area contributed by atoms with E-state index in [2.05, 4.69) is 17.0 Å². The molecule has 21 heavy (non-hydrogen) atoms. The van der Waals surface area contributed by atoms with Crippen LogP contribution in [0.15, 0.2) is 46.0 Å². The lowest BCUT2D eigenvalue weighted by molar-refractivity contribution is 0.0380. The molecular weight excluding hydrogens is 282 g/mol. The number of nitrogens with zero attached hydrogens (tertiary/aromatic N) is 1. The highest BCUT2D eigenvalue weighted by Crippen LogP contribution is 2.25. The van der Waals surface area contributed by atoms with Crippen molar-refractivity contribution in [1.29, 1.82) is 0 Å². The van der Waals surface area contributed by atoms with Crippen molar-refractivity contribution >= 4 is 9.52 Å². The molecule has 1 aliphatic heterocycles. The Morgan fingerprint density at radius 3 is 2.29 bits per heavy atom. The van der Waals surface area contributed by atoms with E-state index in [9.17, 15) is 0 Å². The second-order valence-corrected chi connectivity index (χ2v) is 7.72. The van der Waals surface area contributed by atoms with E-state index in [1.807, 2.05) is 12.5 Å². The fraction of sp³-hybridized carbons (Fsp3) is 0.500. The minimum atomic E-state index is -0.237. The van der Waals surface area contributed by atoms with Gasteiger partial charge in [-0.05, 0) is 36.2 Å². The van der Waals surface area contributed by atoms with Crippen LogP contribution in [0.25, 0.3) is 0 Å². The minimum Gasteiger partial charge on any atom is -0.472 e. The predicted molar refractivity (Wildman–Crippen MR) is 84.5 cm³/mol. The summed E-state index contributed by atoms with van der Waals surface area (Å²) < 4.78 is 15.9. The lowest BCUT2D eigenvalue weighted by atomic mass is 10.1. The van der Waals surface area contributed by atoms with Gasteiger partial charge in [0.1, 0.15) is 0 Å². The molecule has 5 heteroatoms. The van der Waals surface area contributed by atoms with Crippen molar-refractivity contribution in [3.63, 3.8) is 0 Å². The molecule has 1 aliphatic rings. The maximum atomic E-state index is 5.39. The van der Waals surface area contributed by atoms with Gasteiger partial charge in [-0.1, -0.05) is 6.04 Å². The molecule has 3 rings (SSSR count). The molecule has 1 saturated heterocycles. The lowest BCUT2D eigenvalue weighted by Gasteiger charge is -2.26. The van der Waals surface area contributed by atoms with Crippen molar-refractivity contribution in [2.45, 2.75) is 18.0 Å². The van der Waals surface area contributed by atoms with Gasteiger partial charge in [-0.25, -0.2) is 0 Å². The standard InChI is InChI=1S/C16H23NO3Si/c1(4-17-5-9-18-10-6-17)11-21-16(14-2-7-19-12-14)15-3-8-20-13-15/h2-3,7-8,12-13,16H,1,4-6,9-11,21H2. The van der Waals surface area contributed by atoms with Gasteiger partial charge in [-0.15, -0.1) is 0 Å². The molecule has 1 fully saturated rings. The fourth-order valence-corrected chi connectivity index (χ4v) is 5.03. The smallest absolute Gasteiger partial charge is 0.0937 e. The van der Waals surface area contributed by atoms with Gasteiger partial charge in [-0.2, -0.15) is 0 Å². The average molecular weight is 305 g/mol. The molecule has 0 aromatic carbocycles. The zero-order valence-corrected chi connectivity index (χ0v) is 13.8. The summed E-state index contributed by atoms with van der Waals surface area (Å²) >= 11 is 0. The molecule has 4 nitrogen and oxygen atoms in total. The van der Waals surface area contributed by atoms with Crippen LogP contribution in [0.5, 0.6) is 0 Å². The molecule has 0 radical (unpaired) electrons. The lowest BCUT2D eigenvalue weighted by Crippen LogP contribution is -2.36. The van der Waals surface area contributed by atoms with Gasteiger partial charge in [0.2, 0.25) is 0 Å². The van der Waals surface area contributed by atoms with Gasteiger partial charge in [0.05, 0.1) is 38.3 Å². The summed E-state index contributed by atoms with van der Waals surface area (Å²) in [5.74, 6) is 0. The molecule has 0 spiro atoms. The van der Waals surface area contributed by atoms with E-state index in [1.54, 1.807) is 12.5 Å². The zero-order valence-electron chi connectivity index (χ0n) is 12.4. The summed E-state index contributed by atoms with van der Waals surface area (Å²) in [4.78, 5) is 2.52. The third-order valence-corrected chi connectivity index (χ3v) is 6.64. The molecule has 2 aromatic heterocycles. The Balaban J connectivity index is 1.49. The number of rotatable bonds is 7. The van der Waals surface area contributed by atoms with Crippen LogP contribution in [0.2, 0.25) is 6.04 Å². The Labute approximate surface area is 127 Å². The Morgan fingerprint density at radius 2 is 1.71 bits per heavy atom. The second-order valence-electron chi connectivity index (χ2n) is 5.62. The van der Waals surface area contributed by atoms with E-state index in [-0.39, 0.29) is 9.52 Å². The molecule has 0 bridgehead atoms. The number of hydrogen-bond acceptors (Lipinski definition) is 4. The van der Waals surface area contributed by atoms with Crippen LogP contribution in [-0.2, 0) is 4.74 Å². The van der Waals surface area contributed by atoms with Crippen molar-refractivity contribution in [2.24, 2.45) is 0 Å². The SMILES string of the molecule is c1cc(C([SiH2]CCCN2CCOCC2)c2ccoc2)co1. The van der Waals surface area contributed by atoms with Gasteiger partial charge >= 0.3 is 0 Å². The van der Waals surface area contributed by atoms with Gasteiger partial charge in [0, 0.05) is 28.2 Å². The van der Waals surface area contributed by atoms with E-state index in [4.69, 9.17) is 13.6 Å². The average Bonchev–Trinajstić information content (AvgIpc) is 3.22. The van der Waals surface area contributed by atoms with Crippen LogP contribution in [0.1, 0.15) is 23.1 Å². The first-order valence-corrected chi connectivity index (χ1v) is 9.59. The quantitative estimate of drug-likeness (QED) is 0.581. The molecule has 2 aromatic rings. The third kappa shape index (κ3) is 4.09. The van der Waals surface area contributed by atoms with Crippen LogP contribution < -0.4 is 0 Å². The van der Waals surface area contributed by atoms with Gasteiger partial charge in [0.15, 0.2) is 0 Å². The molecule has 3 heterocycles. The monoisotopic (exact) mass is 305 g/mol. The fourth-order valence-electron chi connectivity index (χ4n) is 2.98. The molecule has 0 aliphatic carbocycles. The Bertz CT molecular complexity index is 457. The maximum absolute atomic E-state index is 5.39. The number of morpholine rings is 1. The van der Waals surface area contributed by atoms with E-state index in [0.29, 0.717) is 5.54 Å². The maximum Gasteiger partial charge on any atom is 0.0937 e. The number of ether oxygens (including phenoxy) is 1. The van der Waals surface area contributed by atoms with E-state index in [0.717, 1.165) is 26.3 Å². The molecular formula is C16H23NO3Si. The van der Waals surface area contributed by atoms with Crippen molar-refractivity contribution in [3.8, 4) is 0 Å². The summed E-state index contributed by atoms with van der Waals surface area (Å²) in [6.07, 6.45) is 8.59. The highest BCUT2D eigenvalue weighted by atomic mass is 28.2. The van der Waals surface area contributed by atoms with Crippen LogP contribution in [0, 0.1) is 0 Å². The van der Waals surface area contributed by atoms with Crippen LogP contribution in [0.4, 0.5) is 0 Å². The van der Waals surface area contributed by atoms with Gasteiger partial charge in [-0.3, -0.25) is 4.90 Å². The highest BCUT2D eigenvalue weighted by Gasteiger charge is 2.17. The van der Waals surface area contributed by atoms with Crippen molar-refractivity contribution in [3.05, 3.63) is 48.3 Å². The molecule has 0 unspecified atom stereocenters. The summed E-state index contributed by atoms with van der Waals surface area (Å²) in [6.45, 7) is 5.18. The minimum absolute atomic E-state index is 0.237. The Morgan fingerprint density at radius 1 is 1.05 bits per heavy atom. The van der Waals surface area contributed by atoms with Gasteiger partial charge in [0.25, 0.3) is 0 Å². The van der Waals surface area contributed by atoms with Gasteiger partial charge < -0.3 is 13.6 Å². The Kier molecular flexibility index (Phi) is 5.32. The molecule has 0 saturated carbocycles. The number of hydrogen-bond donors (Lipinski definition) is 0. The summed E-state index contributed by atoms with van der Waals surface area (Å²) in [7, 11) is -0.237. The predicted octanol–water partition coefficient (Wildman–Crippen LogP) is 2.27. The number of furan rings is 2. The third-order valence-electron chi connectivity index (χ3n) is 4.21. The first-order valence-electron chi connectivity index (χ1n) is 7.78. The first-order chi connectivity index (χ1) is 10.4. The van der Waals surface area contributed by atoms with Crippen LogP contribution in [-0.4, -0.2) is 47.3 Å². The van der Waals surface area contributed by atoms with Crippen LogP contribution >= 0.6 is 0 Å².